The van der Waals surface area contributed by atoms with E-state index >= 15 is 0 Å². The Morgan fingerprint density at radius 1 is 1.00 bits per heavy atom. The van der Waals surface area contributed by atoms with E-state index in [0.29, 0.717) is 35.2 Å². The zero-order chi connectivity index (χ0) is 20.1. The van der Waals surface area contributed by atoms with Crippen LogP contribution in [0.25, 0.3) is 10.9 Å². The topological polar surface area (TPSA) is 36.4 Å². The minimum absolute atomic E-state index is 0.0914. The first kappa shape index (κ1) is 18.7. The monoisotopic (exact) mass is 425 g/mol. The fourth-order valence-electron chi connectivity index (χ4n) is 4.75. The summed E-state index contributed by atoms with van der Waals surface area (Å²) >= 11 is 12.3. The molecule has 2 aromatic carbocycles. The molecule has 2 aliphatic rings. The van der Waals surface area contributed by atoms with E-state index in [0.717, 1.165) is 40.6 Å². The molecule has 2 saturated heterocycles. The van der Waals surface area contributed by atoms with Gasteiger partial charge in [-0.3, -0.25) is 9.78 Å². The molecule has 2 unspecified atom stereocenters. The molecule has 0 radical (unpaired) electrons. The molecule has 5 rings (SSSR count). The Morgan fingerprint density at radius 2 is 1.76 bits per heavy atom. The fourth-order valence-corrected chi connectivity index (χ4v) is 5.05. The van der Waals surface area contributed by atoms with Crippen molar-refractivity contribution in [3.05, 3.63) is 69.8 Å². The number of aromatic nitrogens is 1. The Kier molecular flexibility index (Phi) is 4.64. The lowest BCUT2D eigenvalue weighted by Crippen LogP contribution is -2.55. The summed E-state index contributed by atoms with van der Waals surface area (Å²) in [6, 6.07) is 14.3. The summed E-state index contributed by atoms with van der Waals surface area (Å²) in [6.45, 7) is 3.47. The lowest BCUT2D eigenvalue weighted by Gasteiger charge is -2.42. The number of fused-ring (bicyclic) bond motifs is 3. The Labute approximate surface area is 180 Å². The number of pyridine rings is 1. The predicted octanol–water partition coefficient (Wildman–Crippen LogP) is 5.34. The second-order valence-corrected chi connectivity index (χ2v) is 8.79. The number of amides is 1. The van der Waals surface area contributed by atoms with Crippen LogP contribution in [0.5, 0.6) is 0 Å². The molecule has 148 valence electrons. The molecule has 2 bridgehead atoms. The Balaban J connectivity index is 1.43. The van der Waals surface area contributed by atoms with Crippen LogP contribution >= 0.6 is 23.2 Å². The molecule has 0 N–H and O–H groups in total. The number of hydrogen-bond acceptors (Lipinski definition) is 3. The summed E-state index contributed by atoms with van der Waals surface area (Å²) in [4.78, 5) is 22.3. The molecule has 29 heavy (non-hydrogen) atoms. The van der Waals surface area contributed by atoms with Gasteiger partial charge in [0, 0.05) is 42.4 Å². The van der Waals surface area contributed by atoms with Gasteiger partial charge in [-0.1, -0.05) is 34.8 Å². The average molecular weight is 426 g/mol. The molecule has 6 heteroatoms. The molecule has 4 nitrogen and oxygen atoms in total. The Bertz CT molecular complexity index is 1100. The van der Waals surface area contributed by atoms with Crippen molar-refractivity contribution in [1.29, 1.82) is 0 Å². The van der Waals surface area contributed by atoms with Crippen molar-refractivity contribution in [1.82, 2.24) is 9.88 Å². The molecule has 0 spiro atoms. The highest BCUT2D eigenvalue weighted by Crippen LogP contribution is 2.38. The molecular weight excluding hydrogens is 405 g/mol. The van der Waals surface area contributed by atoms with Gasteiger partial charge in [0.05, 0.1) is 21.1 Å². The van der Waals surface area contributed by atoms with Crippen LogP contribution in [0.1, 0.15) is 28.8 Å². The third-order valence-electron chi connectivity index (χ3n) is 6.10. The highest BCUT2D eigenvalue weighted by Gasteiger charge is 2.41. The fraction of sp³-hybridized carbons (Fsp3) is 0.304. The van der Waals surface area contributed by atoms with Crippen LogP contribution in [0.15, 0.2) is 48.7 Å². The second kappa shape index (κ2) is 7.19. The number of benzene rings is 2. The first-order valence-electron chi connectivity index (χ1n) is 9.89. The van der Waals surface area contributed by atoms with Crippen LogP contribution in [0.3, 0.4) is 0 Å². The lowest BCUT2D eigenvalue weighted by molar-refractivity contribution is 0.0720. The van der Waals surface area contributed by atoms with Crippen molar-refractivity contribution in [3.63, 3.8) is 0 Å². The molecule has 3 heterocycles. The van der Waals surface area contributed by atoms with E-state index in [1.807, 2.05) is 48.2 Å². The number of piperazine rings is 1. The molecule has 3 aromatic rings. The van der Waals surface area contributed by atoms with Crippen molar-refractivity contribution in [3.8, 4) is 0 Å². The normalized spacial score (nSPS) is 21.1. The number of likely N-dealkylation sites (tertiary alicyclic amines) is 1. The van der Waals surface area contributed by atoms with Gasteiger partial charge < -0.3 is 9.80 Å². The maximum Gasteiger partial charge on any atom is 0.254 e. The molecular formula is C23H21Cl2N3O. The van der Waals surface area contributed by atoms with E-state index < -0.39 is 0 Å². The van der Waals surface area contributed by atoms with Gasteiger partial charge in [0.25, 0.3) is 5.91 Å². The van der Waals surface area contributed by atoms with Gasteiger partial charge in [0.1, 0.15) is 0 Å². The maximum atomic E-state index is 13.4. The summed E-state index contributed by atoms with van der Waals surface area (Å²) in [5, 5.41) is 2.06. The molecule has 0 saturated carbocycles. The van der Waals surface area contributed by atoms with E-state index in [1.54, 1.807) is 6.20 Å². The number of carbonyl (C=O) groups excluding carboxylic acids is 1. The molecule has 1 amide bonds. The van der Waals surface area contributed by atoms with Crippen LogP contribution in [0.4, 0.5) is 5.69 Å². The molecule has 2 aliphatic heterocycles. The van der Waals surface area contributed by atoms with Crippen LogP contribution < -0.4 is 4.90 Å². The zero-order valence-corrected chi connectivity index (χ0v) is 17.6. The van der Waals surface area contributed by atoms with Gasteiger partial charge in [0.2, 0.25) is 0 Å². The predicted molar refractivity (Wildman–Crippen MR) is 118 cm³/mol. The van der Waals surface area contributed by atoms with Crippen LogP contribution in [0.2, 0.25) is 10.0 Å². The van der Waals surface area contributed by atoms with Gasteiger partial charge >= 0.3 is 0 Å². The molecule has 2 atom stereocenters. The first-order valence-corrected chi connectivity index (χ1v) is 10.6. The van der Waals surface area contributed by atoms with Gasteiger partial charge in [-0.2, -0.15) is 0 Å². The number of hydrogen-bond donors (Lipinski definition) is 0. The maximum absolute atomic E-state index is 13.4. The van der Waals surface area contributed by atoms with E-state index in [-0.39, 0.29) is 5.91 Å². The Morgan fingerprint density at radius 3 is 2.48 bits per heavy atom. The number of aryl methyl sites for hydroxylation is 1. The van der Waals surface area contributed by atoms with Crippen LogP contribution in [0, 0.1) is 6.92 Å². The third-order valence-corrected chi connectivity index (χ3v) is 6.84. The summed E-state index contributed by atoms with van der Waals surface area (Å²) in [5.41, 5.74) is 3.81. The van der Waals surface area contributed by atoms with Crippen molar-refractivity contribution in [2.24, 2.45) is 0 Å². The van der Waals surface area contributed by atoms with Crippen molar-refractivity contribution in [2.75, 3.05) is 18.0 Å². The molecule has 0 aliphatic carbocycles. The number of anilines is 1. The average Bonchev–Trinajstić information content (AvgIpc) is 2.98. The highest BCUT2D eigenvalue weighted by atomic mass is 35.5. The highest BCUT2D eigenvalue weighted by molar-refractivity contribution is 6.42. The van der Waals surface area contributed by atoms with Gasteiger partial charge in [-0.15, -0.1) is 0 Å². The van der Waals surface area contributed by atoms with E-state index in [9.17, 15) is 4.79 Å². The van der Waals surface area contributed by atoms with Crippen molar-refractivity contribution >= 4 is 45.7 Å². The quantitative estimate of drug-likeness (QED) is 0.555. The SMILES string of the molecule is Cc1ccc2nccc(C(=O)N3CC4CCC(C3)N4c3ccc(Cl)c(Cl)c3)c2c1. The lowest BCUT2D eigenvalue weighted by atomic mass is 10.0. The first-order chi connectivity index (χ1) is 14.0. The second-order valence-electron chi connectivity index (χ2n) is 7.98. The largest absolute Gasteiger partial charge is 0.362 e. The van der Waals surface area contributed by atoms with Gasteiger partial charge in [-0.05, 0) is 56.2 Å². The van der Waals surface area contributed by atoms with Gasteiger partial charge in [-0.25, -0.2) is 0 Å². The van der Waals surface area contributed by atoms with E-state index in [4.69, 9.17) is 23.2 Å². The standard InChI is InChI=1S/C23H21Cl2N3O/c1-14-2-7-22-19(10-14)18(8-9-26-22)23(29)27-12-16-3-4-17(13-27)28(16)15-5-6-20(24)21(25)11-15/h2,5-11,16-17H,3-4,12-13H2,1H3. The number of carbonyl (C=O) groups is 1. The molecule has 1 aromatic heterocycles. The molecule has 2 fully saturated rings. The summed E-state index contributed by atoms with van der Waals surface area (Å²) in [5.74, 6) is 0.0914. The zero-order valence-electron chi connectivity index (χ0n) is 16.1. The van der Waals surface area contributed by atoms with Gasteiger partial charge in [0.15, 0.2) is 0 Å². The minimum Gasteiger partial charge on any atom is -0.362 e. The summed E-state index contributed by atoms with van der Waals surface area (Å²) < 4.78 is 0. The van der Waals surface area contributed by atoms with Crippen molar-refractivity contribution < 1.29 is 4.79 Å². The number of halogens is 2. The summed E-state index contributed by atoms with van der Waals surface area (Å²) in [7, 11) is 0. The van der Waals surface area contributed by atoms with Crippen molar-refractivity contribution in [2.45, 2.75) is 31.8 Å². The summed E-state index contributed by atoms with van der Waals surface area (Å²) in [6.07, 6.45) is 3.88. The van der Waals surface area contributed by atoms with E-state index in [2.05, 4.69) is 16.0 Å². The van der Waals surface area contributed by atoms with Crippen LogP contribution in [-0.2, 0) is 0 Å². The smallest absolute Gasteiger partial charge is 0.254 e. The third kappa shape index (κ3) is 3.24. The van der Waals surface area contributed by atoms with Crippen LogP contribution in [-0.4, -0.2) is 41.0 Å². The minimum atomic E-state index is 0.0914. The Hall–Kier alpha value is -2.30. The van der Waals surface area contributed by atoms with E-state index in [1.165, 1.54) is 0 Å². The number of nitrogens with zero attached hydrogens (tertiary/aromatic N) is 3. The number of rotatable bonds is 2.